The third-order valence-electron chi connectivity index (χ3n) is 3.70. The molecule has 0 N–H and O–H groups in total. The molecule has 0 spiro atoms. The van der Waals surface area contributed by atoms with E-state index in [4.69, 9.17) is 0 Å². The molecule has 1 rings (SSSR count). The average Bonchev–Trinajstić information content (AvgIpc) is 2.40. The van der Waals surface area contributed by atoms with Crippen LogP contribution >= 0.6 is 0 Å². The smallest absolute Gasteiger partial charge is 0.120 e. The normalized spacial score (nSPS) is 22.1. The molecule has 1 fully saturated rings. The summed E-state index contributed by atoms with van der Waals surface area (Å²) >= 11 is 0. The van der Waals surface area contributed by atoms with Crippen molar-refractivity contribution in [3.8, 4) is 0 Å². The van der Waals surface area contributed by atoms with Crippen LogP contribution in [0.1, 0.15) is 58.8 Å². The quantitative estimate of drug-likeness (QED) is 0.512. The first-order valence-electron chi connectivity index (χ1n) is 6.18. The van der Waals surface area contributed by atoms with E-state index >= 15 is 0 Å². The monoisotopic (exact) mass is 214 g/mol. The van der Waals surface area contributed by atoms with Gasteiger partial charge in [-0.05, 0) is 19.8 Å². The predicted octanol–water partition coefficient (Wildman–Crippen LogP) is 3.91. The van der Waals surface area contributed by atoms with Crippen LogP contribution in [0, 0.1) is 11.8 Å². The maximum atomic E-state index is 14.0. The highest BCUT2D eigenvalue weighted by Crippen LogP contribution is 2.38. The summed E-state index contributed by atoms with van der Waals surface area (Å²) in [5.41, 5.74) is -1.21. The van der Waals surface area contributed by atoms with Crippen molar-refractivity contribution in [2.45, 2.75) is 64.5 Å². The molecule has 0 aliphatic heterocycles. The van der Waals surface area contributed by atoms with Crippen LogP contribution < -0.4 is 0 Å². The maximum Gasteiger partial charge on any atom is 0.120 e. The Balaban J connectivity index is 2.64. The van der Waals surface area contributed by atoms with Gasteiger partial charge in [0.2, 0.25) is 0 Å². The van der Waals surface area contributed by atoms with E-state index in [1.165, 1.54) is 25.7 Å². The molecule has 1 unspecified atom stereocenters. The molecule has 0 amide bonds. The maximum absolute atomic E-state index is 14.0. The van der Waals surface area contributed by atoms with Crippen molar-refractivity contribution in [1.29, 1.82) is 0 Å². The first-order valence-corrected chi connectivity index (χ1v) is 6.18. The molecular weight excluding hydrogens is 191 g/mol. The Labute approximate surface area is 92.4 Å². The Bertz CT molecular complexity index is 187. The minimum Gasteiger partial charge on any atom is -0.303 e. The van der Waals surface area contributed by atoms with Gasteiger partial charge in [-0.15, -0.1) is 0 Å². The van der Waals surface area contributed by atoms with E-state index in [0.717, 1.165) is 19.1 Å². The summed E-state index contributed by atoms with van der Waals surface area (Å²) in [4.78, 5) is 10.6. The average molecular weight is 214 g/mol. The largest absolute Gasteiger partial charge is 0.303 e. The lowest BCUT2D eigenvalue weighted by molar-refractivity contribution is -0.110. The van der Waals surface area contributed by atoms with Gasteiger partial charge in [0.15, 0.2) is 0 Å². The van der Waals surface area contributed by atoms with Gasteiger partial charge in [0.1, 0.15) is 12.0 Å². The molecule has 0 aromatic heterocycles. The SMILES string of the molecule is CC(C)(F)C(CC=O)C1CCCCCC1. The Morgan fingerprint density at radius 3 is 2.20 bits per heavy atom. The van der Waals surface area contributed by atoms with Crippen molar-refractivity contribution >= 4 is 6.29 Å². The second kappa shape index (κ2) is 5.62. The van der Waals surface area contributed by atoms with Crippen molar-refractivity contribution < 1.29 is 9.18 Å². The molecule has 0 heterocycles. The minimum absolute atomic E-state index is 0.0758. The summed E-state index contributed by atoms with van der Waals surface area (Å²) < 4.78 is 14.0. The van der Waals surface area contributed by atoms with Crippen molar-refractivity contribution in [2.75, 3.05) is 0 Å². The Morgan fingerprint density at radius 2 is 1.80 bits per heavy atom. The highest BCUT2D eigenvalue weighted by Gasteiger charge is 2.35. The molecule has 1 aliphatic carbocycles. The summed E-state index contributed by atoms with van der Waals surface area (Å²) in [6.45, 7) is 3.23. The van der Waals surface area contributed by atoms with Gasteiger partial charge in [0, 0.05) is 12.3 Å². The van der Waals surface area contributed by atoms with Crippen molar-refractivity contribution in [3.63, 3.8) is 0 Å². The first kappa shape index (κ1) is 12.7. The van der Waals surface area contributed by atoms with Crippen LogP contribution in [0.4, 0.5) is 4.39 Å². The third kappa shape index (κ3) is 3.92. The lowest BCUT2D eigenvalue weighted by atomic mass is 9.76. The minimum atomic E-state index is -1.21. The van der Waals surface area contributed by atoms with Crippen LogP contribution in [0.15, 0.2) is 0 Å². The van der Waals surface area contributed by atoms with Gasteiger partial charge >= 0.3 is 0 Å². The summed E-state index contributed by atoms with van der Waals surface area (Å²) in [5.74, 6) is 0.339. The molecule has 2 heteroatoms. The zero-order valence-corrected chi connectivity index (χ0v) is 9.97. The van der Waals surface area contributed by atoms with E-state index in [0.29, 0.717) is 12.3 Å². The molecule has 0 saturated heterocycles. The fourth-order valence-electron chi connectivity index (χ4n) is 2.85. The van der Waals surface area contributed by atoms with E-state index in [1.54, 1.807) is 13.8 Å². The van der Waals surface area contributed by atoms with Gasteiger partial charge in [-0.25, -0.2) is 4.39 Å². The number of alkyl halides is 1. The third-order valence-corrected chi connectivity index (χ3v) is 3.70. The fourth-order valence-corrected chi connectivity index (χ4v) is 2.85. The Hall–Kier alpha value is -0.400. The molecule has 0 radical (unpaired) electrons. The number of rotatable bonds is 4. The van der Waals surface area contributed by atoms with Crippen LogP contribution in [0.25, 0.3) is 0 Å². The van der Waals surface area contributed by atoms with E-state index in [2.05, 4.69) is 0 Å². The second-order valence-electron chi connectivity index (χ2n) is 5.32. The van der Waals surface area contributed by atoms with Gasteiger partial charge in [-0.1, -0.05) is 38.5 Å². The second-order valence-corrected chi connectivity index (χ2v) is 5.32. The number of carbonyl (C=O) groups is 1. The standard InChI is InChI=1S/C13H23FO/c1-13(2,14)12(9-10-15)11-7-5-3-4-6-8-11/h10-12H,3-9H2,1-2H3. The van der Waals surface area contributed by atoms with Crippen LogP contribution in [-0.4, -0.2) is 12.0 Å². The zero-order valence-electron chi connectivity index (χ0n) is 9.97. The van der Waals surface area contributed by atoms with E-state index in [1.807, 2.05) is 0 Å². The van der Waals surface area contributed by atoms with Gasteiger partial charge in [-0.3, -0.25) is 0 Å². The van der Waals surface area contributed by atoms with Crippen LogP contribution in [0.3, 0.4) is 0 Å². The molecule has 0 aromatic carbocycles. The van der Waals surface area contributed by atoms with Crippen molar-refractivity contribution in [2.24, 2.45) is 11.8 Å². The molecule has 1 atom stereocenters. The van der Waals surface area contributed by atoms with Crippen LogP contribution in [-0.2, 0) is 4.79 Å². The fraction of sp³-hybridized carbons (Fsp3) is 0.923. The molecule has 88 valence electrons. The van der Waals surface area contributed by atoms with Gasteiger partial charge in [0.25, 0.3) is 0 Å². The van der Waals surface area contributed by atoms with Gasteiger partial charge < -0.3 is 4.79 Å². The van der Waals surface area contributed by atoms with Crippen LogP contribution in [0.5, 0.6) is 0 Å². The number of aldehydes is 1. The van der Waals surface area contributed by atoms with E-state index < -0.39 is 5.67 Å². The van der Waals surface area contributed by atoms with E-state index in [-0.39, 0.29) is 5.92 Å². The molecule has 1 nitrogen and oxygen atoms in total. The number of carbonyl (C=O) groups excluding carboxylic acids is 1. The van der Waals surface area contributed by atoms with Crippen molar-refractivity contribution in [1.82, 2.24) is 0 Å². The van der Waals surface area contributed by atoms with Gasteiger partial charge in [-0.2, -0.15) is 0 Å². The van der Waals surface area contributed by atoms with Crippen LogP contribution in [0.2, 0.25) is 0 Å². The molecule has 1 saturated carbocycles. The first-order chi connectivity index (χ1) is 7.05. The number of hydrogen-bond acceptors (Lipinski definition) is 1. The molecule has 0 bridgehead atoms. The highest BCUT2D eigenvalue weighted by molar-refractivity contribution is 5.50. The summed E-state index contributed by atoms with van der Waals surface area (Å²) in [7, 11) is 0. The lowest BCUT2D eigenvalue weighted by Gasteiger charge is -2.32. The van der Waals surface area contributed by atoms with Crippen molar-refractivity contribution in [3.05, 3.63) is 0 Å². The highest BCUT2D eigenvalue weighted by atomic mass is 19.1. The summed E-state index contributed by atoms with van der Waals surface area (Å²) in [6, 6.07) is 0. The molecule has 0 aromatic rings. The van der Waals surface area contributed by atoms with E-state index in [9.17, 15) is 9.18 Å². The zero-order chi connectivity index (χ0) is 11.3. The summed E-state index contributed by atoms with van der Waals surface area (Å²) in [5, 5.41) is 0. The Morgan fingerprint density at radius 1 is 1.27 bits per heavy atom. The lowest BCUT2D eigenvalue weighted by Crippen LogP contribution is -2.32. The molecular formula is C13H23FO. The van der Waals surface area contributed by atoms with Gasteiger partial charge in [0.05, 0.1) is 0 Å². The predicted molar refractivity (Wildman–Crippen MR) is 60.6 cm³/mol. The number of halogens is 1. The topological polar surface area (TPSA) is 17.1 Å². The Kier molecular flexibility index (Phi) is 4.75. The molecule has 1 aliphatic rings. The number of hydrogen-bond donors (Lipinski definition) is 0. The summed E-state index contributed by atoms with van der Waals surface area (Å²) in [6.07, 6.45) is 8.43. The molecule has 15 heavy (non-hydrogen) atoms.